The standard InChI is InChI=1S/C21H20N6O2S2/c1-27-18(11-19(28)22-13-6-5-7-14(10-13)30-2)25-26-21(27)31-12-17-23-16-9-4-3-8-15(16)20(29)24-17/h3-10H,11-12H2,1-2H3,(H,22,28)(H,23,24,29). The molecule has 2 heterocycles. The van der Waals surface area contributed by atoms with E-state index in [1.807, 2.05) is 55.8 Å². The summed E-state index contributed by atoms with van der Waals surface area (Å²) in [5.74, 6) is 1.39. The molecule has 0 unspecified atom stereocenters. The zero-order valence-corrected chi connectivity index (χ0v) is 18.6. The number of carbonyl (C=O) groups excluding carboxylic acids is 1. The molecule has 4 aromatic rings. The molecule has 2 aromatic carbocycles. The lowest BCUT2D eigenvalue weighted by atomic mass is 10.2. The van der Waals surface area contributed by atoms with Crippen molar-refractivity contribution in [2.45, 2.75) is 22.2 Å². The number of nitrogens with zero attached hydrogens (tertiary/aromatic N) is 4. The fourth-order valence-corrected chi connectivity index (χ4v) is 4.27. The van der Waals surface area contributed by atoms with Crippen LogP contribution in [0.5, 0.6) is 0 Å². The van der Waals surface area contributed by atoms with Crippen LogP contribution in [-0.2, 0) is 24.0 Å². The van der Waals surface area contributed by atoms with Gasteiger partial charge in [0.15, 0.2) is 5.16 Å². The van der Waals surface area contributed by atoms with Crippen LogP contribution in [0.4, 0.5) is 5.69 Å². The van der Waals surface area contributed by atoms with E-state index in [9.17, 15) is 9.59 Å². The van der Waals surface area contributed by atoms with E-state index in [1.54, 1.807) is 22.4 Å². The summed E-state index contributed by atoms with van der Waals surface area (Å²) in [6.45, 7) is 0. The average Bonchev–Trinajstić information content (AvgIpc) is 3.11. The smallest absolute Gasteiger partial charge is 0.258 e. The Morgan fingerprint density at radius 2 is 2.00 bits per heavy atom. The molecule has 0 bridgehead atoms. The molecule has 2 aromatic heterocycles. The summed E-state index contributed by atoms with van der Waals surface area (Å²) in [6.07, 6.45) is 2.10. The molecule has 158 valence electrons. The quantitative estimate of drug-likeness (QED) is 0.415. The van der Waals surface area contributed by atoms with Crippen molar-refractivity contribution in [3.63, 3.8) is 0 Å². The van der Waals surface area contributed by atoms with Gasteiger partial charge in [-0.25, -0.2) is 4.98 Å². The van der Waals surface area contributed by atoms with Crippen molar-refractivity contribution < 1.29 is 4.79 Å². The molecular weight excluding hydrogens is 432 g/mol. The van der Waals surface area contributed by atoms with Gasteiger partial charge in [-0.2, -0.15) is 0 Å². The van der Waals surface area contributed by atoms with Crippen molar-refractivity contribution in [2.24, 2.45) is 7.05 Å². The molecule has 0 saturated carbocycles. The van der Waals surface area contributed by atoms with Crippen molar-refractivity contribution in [3.8, 4) is 0 Å². The number of rotatable bonds is 7. The molecule has 1 amide bonds. The molecule has 0 saturated heterocycles. The fraction of sp³-hybridized carbons (Fsp3) is 0.190. The van der Waals surface area contributed by atoms with Crippen LogP contribution in [0, 0.1) is 0 Å². The minimum atomic E-state index is -0.165. The number of amides is 1. The van der Waals surface area contributed by atoms with Crippen LogP contribution in [0.3, 0.4) is 0 Å². The van der Waals surface area contributed by atoms with Crippen LogP contribution in [0.1, 0.15) is 11.6 Å². The molecule has 31 heavy (non-hydrogen) atoms. The topological polar surface area (TPSA) is 106 Å². The molecule has 0 spiro atoms. The van der Waals surface area contributed by atoms with Gasteiger partial charge in [0.25, 0.3) is 5.56 Å². The van der Waals surface area contributed by atoms with Crippen molar-refractivity contribution in [2.75, 3.05) is 11.6 Å². The maximum Gasteiger partial charge on any atom is 0.258 e. The zero-order chi connectivity index (χ0) is 21.8. The van der Waals surface area contributed by atoms with Crippen molar-refractivity contribution in [1.82, 2.24) is 24.7 Å². The fourth-order valence-electron chi connectivity index (χ4n) is 3.01. The van der Waals surface area contributed by atoms with Gasteiger partial charge in [-0.05, 0) is 36.6 Å². The van der Waals surface area contributed by atoms with E-state index in [0.717, 1.165) is 10.6 Å². The summed E-state index contributed by atoms with van der Waals surface area (Å²) in [6, 6.07) is 14.9. The first-order valence-corrected chi connectivity index (χ1v) is 11.7. The Morgan fingerprint density at radius 3 is 2.84 bits per heavy atom. The Balaban J connectivity index is 1.41. The summed E-state index contributed by atoms with van der Waals surface area (Å²) < 4.78 is 1.78. The Hall–Kier alpha value is -3.11. The summed E-state index contributed by atoms with van der Waals surface area (Å²) >= 11 is 3.01. The highest BCUT2D eigenvalue weighted by Crippen LogP contribution is 2.21. The number of carbonyl (C=O) groups is 1. The highest BCUT2D eigenvalue weighted by molar-refractivity contribution is 7.98. The predicted molar refractivity (Wildman–Crippen MR) is 123 cm³/mol. The molecule has 0 aliphatic carbocycles. The van der Waals surface area contributed by atoms with Gasteiger partial charge in [-0.1, -0.05) is 30.0 Å². The third-order valence-electron chi connectivity index (χ3n) is 4.60. The minimum Gasteiger partial charge on any atom is -0.326 e. The number of hydrogen-bond acceptors (Lipinski definition) is 7. The van der Waals surface area contributed by atoms with Crippen LogP contribution < -0.4 is 10.9 Å². The minimum absolute atomic E-state index is 0.110. The summed E-state index contributed by atoms with van der Waals surface area (Å²) in [5, 5.41) is 12.4. The number of H-pyrrole nitrogens is 1. The van der Waals surface area contributed by atoms with Crippen LogP contribution in [0.2, 0.25) is 0 Å². The number of benzene rings is 2. The number of aromatic nitrogens is 5. The molecule has 0 fully saturated rings. The van der Waals surface area contributed by atoms with Gasteiger partial charge in [-0.3, -0.25) is 9.59 Å². The first kappa shape index (κ1) is 21.1. The largest absolute Gasteiger partial charge is 0.326 e. The van der Waals surface area contributed by atoms with E-state index in [4.69, 9.17) is 0 Å². The maximum atomic E-state index is 12.4. The Labute approximate surface area is 186 Å². The van der Waals surface area contributed by atoms with Gasteiger partial charge < -0.3 is 14.9 Å². The maximum absolute atomic E-state index is 12.4. The molecule has 0 atom stereocenters. The van der Waals surface area contributed by atoms with Crippen LogP contribution in [0.15, 0.2) is 63.4 Å². The number of thioether (sulfide) groups is 2. The molecule has 4 rings (SSSR count). The Kier molecular flexibility index (Phi) is 6.38. The van der Waals surface area contributed by atoms with Crippen molar-refractivity contribution in [3.05, 3.63) is 70.5 Å². The highest BCUT2D eigenvalue weighted by atomic mass is 32.2. The molecule has 0 radical (unpaired) electrons. The Morgan fingerprint density at radius 1 is 1.16 bits per heavy atom. The summed E-state index contributed by atoms with van der Waals surface area (Å²) in [4.78, 5) is 33.0. The van der Waals surface area contributed by atoms with E-state index < -0.39 is 0 Å². The number of anilines is 1. The van der Waals surface area contributed by atoms with Crippen LogP contribution in [-0.4, -0.2) is 36.9 Å². The first-order valence-electron chi connectivity index (χ1n) is 9.46. The van der Waals surface area contributed by atoms with Gasteiger partial charge in [0, 0.05) is 17.6 Å². The van der Waals surface area contributed by atoms with Crippen LogP contribution >= 0.6 is 23.5 Å². The third-order valence-corrected chi connectivity index (χ3v) is 6.35. The molecule has 8 nitrogen and oxygen atoms in total. The average molecular weight is 453 g/mol. The molecule has 10 heteroatoms. The first-order chi connectivity index (χ1) is 15.0. The van der Waals surface area contributed by atoms with E-state index in [1.165, 1.54) is 11.8 Å². The van der Waals surface area contributed by atoms with Gasteiger partial charge in [0.05, 0.1) is 23.1 Å². The van der Waals surface area contributed by atoms with Gasteiger partial charge in [0.1, 0.15) is 11.6 Å². The normalized spacial score (nSPS) is 11.0. The number of nitrogens with one attached hydrogen (secondary N) is 2. The zero-order valence-electron chi connectivity index (χ0n) is 17.0. The van der Waals surface area contributed by atoms with Gasteiger partial charge in [0.2, 0.25) is 5.91 Å². The summed E-state index contributed by atoms with van der Waals surface area (Å²) in [7, 11) is 1.82. The highest BCUT2D eigenvalue weighted by Gasteiger charge is 2.14. The molecule has 0 aliphatic rings. The number of para-hydroxylation sites is 1. The molecule has 2 N–H and O–H groups in total. The molecular formula is C21H20N6O2S2. The van der Waals surface area contributed by atoms with E-state index in [2.05, 4.69) is 25.5 Å². The lowest BCUT2D eigenvalue weighted by molar-refractivity contribution is -0.115. The second kappa shape index (κ2) is 9.36. The van der Waals surface area contributed by atoms with Crippen LogP contribution in [0.25, 0.3) is 10.9 Å². The predicted octanol–water partition coefficient (Wildman–Crippen LogP) is 3.25. The van der Waals surface area contributed by atoms with E-state index in [-0.39, 0.29) is 17.9 Å². The number of hydrogen-bond donors (Lipinski definition) is 2. The van der Waals surface area contributed by atoms with Crippen molar-refractivity contribution in [1.29, 1.82) is 0 Å². The van der Waals surface area contributed by atoms with Crippen molar-refractivity contribution >= 4 is 46.0 Å². The monoisotopic (exact) mass is 452 g/mol. The van der Waals surface area contributed by atoms with Gasteiger partial charge in [-0.15, -0.1) is 22.0 Å². The second-order valence-corrected chi connectivity index (χ2v) is 8.56. The second-order valence-electron chi connectivity index (χ2n) is 6.73. The van der Waals surface area contributed by atoms with Gasteiger partial charge >= 0.3 is 0 Å². The third kappa shape index (κ3) is 4.97. The van der Waals surface area contributed by atoms with E-state index in [0.29, 0.717) is 33.5 Å². The Bertz CT molecular complexity index is 1300. The van der Waals surface area contributed by atoms with E-state index >= 15 is 0 Å². The molecule has 0 aliphatic heterocycles. The lowest BCUT2D eigenvalue weighted by Crippen LogP contribution is -2.17. The number of aromatic amines is 1. The number of fused-ring (bicyclic) bond motifs is 1. The lowest BCUT2D eigenvalue weighted by Gasteiger charge is -2.07. The SMILES string of the molecule is CSc1cccc(NC(=O)Cc2nnc(SCc3nc4ccccc4c(=O)[nH]3)n2C)c1. The summed E-state index contributed by atoms with van der Waals surface area (Å²) in [5.41, 5.74) is 1.24.